The quantitative estimate of drug-likeness (QED) is 0.562. The molecule has 0 amide bonds. The average molecular weight is 434 g/mol. The first kappa shape index (κ1) is 23.5. The molecule has 0 saturated carbocycles. The highest BCUT2D eigenvalue weighted by molar-refractivity contribution is 5.76. The van der Waals surface area contributed by atoms with Crippen LogP contribution in [0.2, 0.25) is 0 Å². The largest absolute Gasteiger partial charge is 0.479 e. The molecule has 1 unspecified atom stereocenters. The zero-order valence-electron chi connectivity index (χ0n) is 19.8. The normalized spacial score (nSPS) is 12.6. The molecule has 0 aliphatic rings. The molecule has 32 heavy (non-hydrogen) atoms. The Balaban J connectivity index is 2.46. The van der Waals surface area contributed by atoms with Gasteiger partial charge >= 0.3 is 5.97 Å². The minimum Gasteiger partial charge on any atom is -0.479 e. The Morgan fingerprint density at radius 2 is 1.59 bits per heavy atom. The van der Waals surface area contributed by atoms with E-state index in [1.54, 1.807) is 6.92 Å². The average Bonchev–Trinajstić information content (AvgIpc) is 2.71. The summed E-state index contributed by atoms with van der Waals surface area (Å²) in [6.07, 6.45) is -1.30. The second-order valence-electron chi connectivity index (χ2n) is 9.22. The van der Waals surface area contributed by atoms with E-state index in [0.29, 0.717) is 22.5 Å². The van der Waals surface area contributed by atoms with Gasteiger partial charge in [0.1, 0.15) is 0 Å². The molecule has 1 aromatic heterocycles. The van der Waals surface area contributed by atoms with Gasteiger partial charge in [0.25, 0.3) is 0 Å². The molecule has 1 atom stereocenters. The summed E-state index contributed by atoms with van der Waals surface area (Å²) in [5.41, 5.74) is 4.85. The van der Waals surface area contributed by atoms with Gasteiger partial charge in [0.05, 0.1) is 11.3 Å². The number of aliphatic carboxylic acids is 1. The molecule has 0 fully saturated rings. The van der Waals surface area contributed by atoms with Crippen LogP contribution < -0.4 is 5.43 Å². The number of benzene rings is 2. The molecule has 0 bridgehead atoms. The number of carboxylic acid groups (broad SMARTS) is 1. The first-order valence-electron chi connectivity index (χ1n) is 10.7. The van der Waals surface area contributed by atoms with Crippen molar-refractivity contribution in [3.05, 3.63) is 86.8 Å². The number of nitrogens with zero attached hydrogens (tertiary/aromatic N) is 1. The zero-order valence-corrected chi connectivity index (χ0v) is 19.8. The molecular weight excluding hydrogens is 402 g/mol. The predicted molar refractivity (Wildman–Crippen MR) is 128 cm³/mol. The zero-order chi connectivity index (χ0) is 23.8. The van der Waals surface area contributed by atoms with Crippen molar-refractivity contribution in [2.24, 2.45) is 0 Å². The number of aryl methyl sites for hydroxylation is 2. The molecule has 3 rings (SSSR count). The lowest BCUT2D eigenvalue weighted by molar-refractivity contribution is -0.161. The summed E-state index contributed by atoms with van der Waals surface area (Å²) in [5, 5.41) is 10.1. The minimum absolute atomic E-state index is 0.187. The maximum atomic E-state index is 13.5. The van der Waals surface area contributed by atoms with Crippen LogP contribution in [0.15, 0.2) is 53.3 Å². The highest BCUT2D eigenvalue weighted by atomic mass is 16.5. The van der Waals surface area contributed by atoms with Crippen molar-refractivity contribution in [1.29, 1.82) is 0 Å². The second kappa shape index (κ2) is 8.75. The highest BCUT2D eigenvalue weighted by Crippen LogP contribution is 2.33. The number of aromatic nitrogens is 1. The molecular formula is C27H31NO4. The van der Waals surface area contributed by atoms with E-state index >= 15 is 0 Å². The van der Waals surface area contributed by atoms with Gasteiger partial charge in [-0.2, -0.15) is 0 Å². The summed E-state index contributed by atoms with van der Waals surface area (Å²) in [7, 11) is 0. The number of ether oxygens (including phenoxy) is 1. The van der Waals surface area contributed by atoms with Crippen LogP contribution in [0.25, 0.3) is 16.8 Å². The maximum absolute atomic E-state index is 13.5. The fourth-order valence-electron chi connectivity index (χ4n) is 3.96. The summed E-state index contributed by atoms with van der Waals surface area (Å²) in [6.45, 7) is 13.0. The van der Waals surface area contributed by atoms with Crippen LogP contribution in [-0.4, -0.2) is 21.2 Å². The van der Waals surface area contributed by atoms with Crippen molar-refractivity contribution in [3.8, 4) is 16.8 Å². The van der Waals surface area contributed by atoms with Crippen LogP contribution in [0.5, 0.6) is 0 Å². The Bertz CT molecular complexity index is 1220. The first-order valence-corrected chi connectivity index (χ1v) is 10.7. The van der Waals surface area contributed by atoms with E-state index in [9.17, 15) is 14.7 Å². The van der Waals surface area contributed by atoms with Gasteiger partial charge in [-0.05, 0) is 77.3 Å². The van der Waals surface area contributed by atoms with Crippen LogP contribution in [-0.2, 0) is 9.53 Å². The van der Waals surface area contributed by atoms with E-state index in [4.69, 9.17) is 4.74 Å². The van der Waals surface area contributed by atoms with Gasteiger partial charge in [-0.3, -0.25) is 4.79 Å². The number of carbonyl (C=O) groups is 1. The third-order valence-corrected chi connectivity index (χ3v) is 5.65. The van der Waals surface area contributed by atoms with Gasteiger partial charge in [0, 0.05) is 22.5 Å². The fourth-order valence-corrected chi connectivity index (χ4v) is 3.96. The van der Waals surface area contributed by atoms with Crippen LogP contribution >= 0.6 is 0 Å². The lowest BCUT2D eigenvalue weighted by Crippen LogP contribution is -2.33. The van der Waals surface area contributed by atoms with E-state index in [1.165, 1.54) is 0 Å². The van der Waals surface area contributed by atoms with Crippen LogP contribution in [0.4, 0.5) is 0 Å². The molecule has 1 N–H and O–H groups in total. The number of rotatable bonds is 5. The molecule has 0 aliphatic carbocycles. The van der Waals surface area contributed by atoms with E-state index in [-0.39, 0.29) is 5.43 Å². The lowest BCUT2D eigenvalue weighted by Gasteiger charge is -2.30. The maximum Gasteiger partial charge on any atom is 0.339 e. The molecule has 0 saturated heterocycles. The van der Waals surface area contributed by atoms with Crippen LogP contribution in [0.1, 0.15) is 55.0 Å². The topological polar surface area (TPSA) is 68.5 Å². The SMILES string of the molecule is Cc1ccc(-n2c(C)c(-c3ccccc3)c(=O)c(C)c2C(OC(C)(C)C)C(=O)O)cc1C. The van der Waals surface area contributed by atoms with Gasteiger partial charge in [0.15, 0.2) is 11.5 Å². The number of pyridine rings is 1. The van der Waals surface area contributed by atoms with Gasteiger partial charge in [-0.15, -0.1) is 0 Å². The standard InChI is InChI=1S/C27H31NO4/c1-16-13-14-21(15-17(16)2)28-19(4)22(20-11-9-8-10-12-20)24(29)18(3)23(28)25(26(30)31)32-27(5,6)7/h8-15,25H,1-7H3,(H,30,31). The molecule has 1 heterocycles. The summed E-state index contributed by atoms with van der Waals surface area (Å²) in [4.78, 5) is 25.9. The smallest absolute Gasteiger partial charge is 0.339 e. The fraction of sp³-hybridized carbons (Fsp3) is 0.333. The number of hydrogen-bond acceptors (Lipinski definition) is 3. The molecule has 168 valence electrons. The number of carboxylic acids is 1. The summed E-state index contributed by atoms with van der Waals surface area (Å²) in [6, 6.07) is 15.4. The van der Waals surface area contributed by atoms with Gasteiger partial charge in [-0.1, -0.05) is 36.4 Å². The Labute approximate surface area is 189 Å². The molecule has 0 aliphatic heterocycles. The van der Waals surface area contributed by atoms with Gasteiger partial charge in [0.2, 0.25) is 0 Å². The molecule has 3 aromatic rings. The first-order chi connectivity index (χ1) is 14.9. The van der Waals surface area contributed by atoms with Crippen molar-refractivity contribution in [3.63, 3.8) is 0 Å². The summed E-state index contributed by atoms with van der Waals surface area (Å²) in [5.74, 6) is -1.13. The summed E-state index contributed by atoms with van der Waals surface area (Å²) < 4.78 is 7.85. The monoisotopic (exact) mass is 433 g/mol. The van der Waals surface area contributed by atoms with Gasteiger partial charge < -0.3 is 14.4 Å². The molecule has 0 spiro atoms. The Kier molecular flexibility index (Phi) is 6.42. The van der Waals surface area contributed by atoms with Crippen molar-refractivity contribution >= 4 is 5.97 Å². The second-order valence-corrected chi connectivity index (χ2v) is 9.22. The van der Waals surface area contributed by atoms with Crippen LogP contribution in [0.3, 0.4) is 0 Å². The molecule has 2 aromatic carbocycles. The van der Waals surface area contributed by atoms with Crippen molar-refractivity contribution in [2.45, 2.75) is 60.2 Å². The predicted octanol–water partition coefficient (Wildman–Crippen LogP) is 5.68. The van der Waals surface area contributed by atoms with E-state index in [2.05, 4.69) is 0 Å². The van der Waals surface area contributed by atoms with Crippen molar-refractivity contribution in [1.82, 2.24) is 4.57 Å². The third-order valence-electron chi connectivity index (χ3n) is 5.65. The van der Waals surface area contributed by atoms with E-state index in [1.807, 2.05) is 94.6 Å². The van der Waals surface area contributed by atoms with E-state index in [0.717, 1.165) is 22.4 Å². The van der Waals surface area contributed by atoms with E-state index < -0.39 is 17.7 Å². The van der Waals surface area contributed by atoms with Crippen molar-refractivity contribution in [2.75, 3.05) is 0 Å². The lowest BCUT2D eigenvalue weighted by atomic mass is 9.96. The van der Waals surface area contributed by atoms with Crippen LogP contribution in [0, 0.1) is 27.7 Å². The molecule has 0 radical (unpaired) electrons. The summed E-state index contributed by atoms with van der Waals surface area (Å²) >= 11 is 0. The highest BCUT2D eigenvalue weighted by Gasteiger charge is 2.33. The van der Waals surface area contributed by atoms with Gasteiger partial charge in [-0.25, -0.2) is 4.79 Å². The molecule has 5 heteroatoms. The third kappa shape index (κ3) is 4.53. The Hall–Kier alpha value is -3.18. The Morgan fingerprint density at radius 1 is 0.969 bits per heavy atom. The minimum atomic E-state index is -1.30. The van der Waals surface area contributed by atoms with Crippen molar-refractivity contribution < 1.29 is 14.6 Å². The molecule has 5 nitrogen and oxygen atoms in total. The number of hydrogen-bond donors (Lipinski definition) is 1. The Morgan fingerprint density at radius 3 is 2.12 bits per heavy atom.